The van der Waals surface area contributed by atoms with Crippen molar-refractivity contribution in [1.82, 2.24) is 31.5 Å². The molecular formula is C41H56N6O8. The first-order chi connectivity index (χ1) is 26.1. The number of hydrogen-bond acceptors (Lipinski definition) is 8. The van der Waals surface area contributed by atoms with Gasteiger partial charge in [0.2, 0.25) is 35.4 Å². The van der Waals surface area contributed by atoms with Crippen LogP contribution in [0, 0.1) is 17.8 Å². The van der Waals surface area contributed by atoms with Gasteiger partial charge in [-0.2, -0.15) is 0 Å². The molecule has 5 N–H and O–H groups in total. The lowest BCUT2D eigenvalue weighted by Gasteiger charge is -2.34. The van der Waals surface area contributed by atoms with Crippen LogP contribution in [0.15, 0.2) is 60.7 Å². The zero-order valence-electron chi connectivity index (χ0n) is 32.8. The number of fused-ring (bicyclic) bond motifs is 1. The summed E-state index contributed by atoms with van der Waals surface area (Å²) in [6.45, 7) is 12.1. The summed E-state index contributed by atoms with van der Waals surface area (Å²) >= 11 is 0. The van der Waals surface area contributed by atoms with Gasteiger partial charge in [0.25, 0.3) is 0 Å². The lowest BCUT2D eigenvalue weighted by atomic mass is 9.99. The van der Waals surface area contributed by atoms with E-state index in [1.54, 1.807) is 90.1 Å². The summed E-state index contributed by atoms with van der Waals surface area (Å²) in [7, 11) is 0. The molecule has 2 aromatic carbocycles. The van der Waals surface area contributed by atoms with Gasteiger partial charge in [-0.25, -0.2) is 4.79 Å². The first kappa shape index (κ1) is 42.5. The van der Waals surface area contributed by atoms with Crippen molar-refractivity contribution in [2.75, 3.05) is 6.54 Å². The van der Waals surface area contributed by atoms with Crippen LogP contribution < -0.4 is 26.6 Å². The molecule has 14 nitrogen and oxygen atoms in total. The summed E-state index contributed by atoms with van der Waals surface area (Å²) in [6.07, 6.45) is -0.355. The van der Waals surface area contributed by atoms with E-state index in [9.17, 15) is 33.6 Å². The molecule has 0 bridgehead atoms. The highest BCUT2D eigenvalue weighted by Gasteiger charge is 2.42. The van der Waals surface area contributed by atoms with Gasteiger partial charge in [-0.15, -0.1) is 0 Å². The minimum atomic E-state index is -1.53. The van der Waals surface area contributed by atoms with Crippen molar-refractivity contribution in [2.24, 2.45) is 17.8 Å². The number of nitrogens with zero attached hydrogens (tertiary/aromatic N) is 1. The SMILES string of the molecule is CC(C)C(NC(=O)Cc1ccccc1)C(=O)NC1C(=O)NC(Cc2ccccc2)C(=O)N2CCCC2C(=O)NC(C(C)C)C(=O)NC(C(C)C)C(=O)OC1C. The topological polar surface area (TPSA) is 192 Å². The Kier molecular flexibility index (Phi) is 14.9. The molecule has 2 saturated heterocycles. The summed E-state index contributed by atoms with van der Waals surface area (Å²) in [4.78, 5) is 98.5. The zero-order valence-corrected chi connectivity index (χ0v) is 32.8. The molecule has 14 heteroatoms. The second-order valence-corrected chi connectivity index (χ2v) is 15.5. The predicted molar refractivity (Wildman–Crippen MR) is 205 cm³/mol. The van der Waals surface area contributed by atoms with Gasteiger partial charge in [0, 0.05) is 13.0 Å². The molecule has 0 spiro atoms. The van der Waals surface area contributed by atoms with E-state index in [4.69, 9.17) is 4.74 Å². The monoisotopic (exact) mass is 760 g/mol. The first-order valence-corrected chi connectivity index (χ1v) is 19.2. The van der Waals surface area contributed by atoms with Crippen molar-refractivity contribution in [3.8, 4) is 0 Å². The largest absolute Gasteiger partial charge is 0.458 e. The van der Waals surface area contributed by atoms with Crippen molar-refractivity contribution < 1.29 is 38.3 Å². The van der Waals surface area contributed by atoms with E-state index < -0.39 is 95.6 Å². The standard InChI is InChI=1S/C41H56N6O8/c1-23(2)32(43-31(48)22-28-17-12-9-13-18-28)37(50)46-35-26(7)55-41(54)34(25(5)6)45-38(51)33(24(3)4)44-36(49)30-19-14-20-47(30)40(53)29(42-39(35)52)21-27-15-10-8-11-16-27/h8-13,15-18,23-26,29-30,32-35H,14,19-22H2,1-7H3,(H,42,52)(H,43,48)(H,44,49)(H,45,51)(H,46,50). The fourth-order valence-corrected chi connectivity index (χ4v) is 6.84. The predicted octanol–water partition coefficient (Wildman–Crippen LogP) is 1.80. The van der Waals surface area contributed by atoms with Crippen molar-refractivity contribution in [3.63, 3.8) is 0 Å². The first-order valence-electron chi connectivity index (χ1n) is 19.2. The van der Waals surface area contributed by atoms with E-state index in [1.165, 1.54) is 11.8 Å². The summed E-state index contributed by atoms with van der Waals surface area (Å²) in [5.41, 5.74) is 1.48. The third-order valence-electron chi connectivity index (χ3n) is 10.0. The summed E-state index contributed by atoms with van der Waals surface area (Å²) in [5.74, 6) is -5.68. The second kappa shape index (κ2) is 19.4. The number of carbonyl (C=O) groups is 7. The lowest BCUT2D eigenvalue weighted by molar-refractivity contribution is -0.157. The van der Waals surface area contributed by atoms with Gasteiger partial charge >= 0.3 is 5.97 Å². The molecule has 0 aromatic heterocycles. The van der Waals surface area contributed by atoms with Crippen LogP contribution in [0.3, 0.4) is 0 Å². The van der Waals surface area contributed by atoms with Crippen LogP contribution in [-0.2, 0) is 51.1 Å². The van der Waals surface area contributed by atoms with E-state index >= 15 is 0 Å². The van der Waals surface area contributed by atoms with Crippen LogP contribution in [0.25, 0.3) is 0 Å². The third kappa shape index (κ3) is 11.4. The fraction of sp³-hybridized carbons (Fsp3) is 0.537. The minimum Gasteiger partial charge on any atom is -0.458 e. The lowest BCUT2D eigenvalue weighted by Crippen LogP contribution is -2.63. The van der Waals surface area contributed by atoms with Gasteiger partial charge in [-0.3, -0.25) is 28.8 Å². The van der Waals surface area contributed by atoms with Crippen LogP contribution >= 0.6 is 0 Å². The number of nitrogens with one attached hydrogen (secondary N) is 5. The Bertz CT molecular complexity index is 1680. The van der Waals surface area contributed by atoms with Crippen molar-refractivity contribution >= 4 is 41.4 Å². The normalized spacial score (nSPS) is 24.8. The molecule has 55 heavy (non-hydrogen) atoms. The molecule has 298 valence electrons. The smallest absolute Gasteiger partial charge is 0.329 e. The number of cyclic esters (lactones) is 1. The maximum Gasteiger partial charge on any atom is 0.329 e. The van der Waals surface area contributed by atoms with E-state index in [0.717, 1.165) is 11.1 Å². The molecule has 7 atom stereocenters. The number of carbonyl (C=O) groups excluding carboxylic acids is 7. The van der Waals surface area contributed by atoms with E-state index in [2.05, 4.69) is 26.6 Å². The molecule has 0 saturated carbocycles. The molecule has 2 aromatic rings. The molecule has 0 radical (unpaired) electrons. The molecule has 2 heterocycles. The molecule has 6 amide bonds. The number of benzene rings is 2. The molecule has 7 unspecified atom stereocenters. The maximum absolute atomic E-state index is 14.4. The highest BCUT2D eigenvalue weighted by Crippen LogP contribution is 2.21. The number of esters is 1. The van der Waals surface area contributed by atoms with Crippen LogP contribution in [0.5, 0.6) is 0 Å². The van der Waals surface area contributed by atoms with E-state index in [0.29, 0.717) is 12.8 Å². The minimum absolute atomic E-state index is 0.0219. The van der Waals surface area contributed by atoms with Gasteiger partial charge < -0.3 is 36.2 Å². The van der Waals surface area contributed by atoms with Gasteiger partial charge in [0.15, 0.2) is 0 Å². The Morgan fingerprint density at radius 1 is 0.782 bits per heavy atom. The van der Waals surface area contributed by atoms with Gasteiger partial charge in [0.1, 0.15) is 42.4 Å². The van der Waals surface area contributed by atoms with Crippen LogP contribution in [0.4, 0.5) is 0 Å². The summed E-state index contributed by atoms with van der Waals surface area (Å²) in [6, 6.07) is 11.2. The molecule has 0 aliphatic carbocycles. The van der Waals surface area contributed by atoms with E-state index in [1.807, 2.05) is 12.1 Å². The Hall–Kier alpha value is -5.27. The number of amides is 6. The van der Waals surface area contributed by atoms with Gasteiger partial charge in [-0.05, 0) is 48.6 Å². The van der Waals surface area contributed by atoms with Gasteiger partial charge in [-0.1, -0.05) is 102 Å². The molecular weight excluding hydrogens is 704 g/mol. The van der Waals surface area contributed by atoms with Gasteiger partial charge in [0.05, 0.1) is 6.42 Å². The highest BCUT2D eigenvalue weighted by atomic mass is 16.5. The Morgan fingerprint density at radius 2 is 1.36 bits per heavy atom. The van der Waals surface area contributed by atoms with Crippen molar-refractivity contribution in [3.05, 3.63) is 71.8 Å². The molecule has 4 rings (SSSR count). The van der Waals surface area contributed by atoms with Crippen molar-refractivity contribution in [2.45, 2.75) is 117 Å². The van der Waals surface area contributed by atoms with Crippen LogP contribution in [-0.4, -0.2) is 95.2 Å². The molecule has 2 aliphatic rings. The Labute approximate surface area is 323 Å². The second-order valence-electron chi connectivity index (χ2n) is 15.5. The third-order valence-corrected chi connectivity index (χ3v) is 10.0. The maximum atomic E-state index is 14.4. The number of ether oxygens (including phenoxy) is 1. The van der Waals surface area contributed by atoms with E-state index in [-0.39, 0.29) is 25.3 Å². The number of hydrogen-bond donors (Lipinski definition) is 5. The highest BCUT2D eigenvalue weighted by molar-refractivity contribution is 5.98. The fourth-order valence-electron chi connectivity index (χ4n) is 6.84. The average molecular weight is 761 g/mol. The Balaban J connectivity index is 1.73. The van der Waals surface area contributed by atoms with Crippen LogP contribution in [0.1, 0.15) is 72.4 Å². The Morgan fingerprint density at radius 3 is 1.95 bits per heavy atom. The molecule has 2 fully saturated rings. The van der Waals surface area contributed by atoms with Crippen LogP contribution in [0.2, 0.25) is 0 Å². The summed E-state index contributed by atoms with van der Waals surface area (Å²) in [5, 5.41) is 13.8. The average Bonchev–Trinajstić information content (AvgIpc) is 3.63. The number of rotatable bonds is 10. The summed E-state index contributed by atoms with van der Waals surface area (Å²) < 4.78 is 5.82. The van der Waals surface area contributed by atoms with Crippen molar-refractivity contribution in [1.29, 1.82) is 0 Å². The zero-order chi connectivity index (χ0) is 40.4. The molecule has 2 aliphatic heterocycles. The quantitative estimate of drug-likeness (QED) is 0.227.